The molecule has 1 saturated heterocycles. The molecule has 1 aromatic carbocycles. The van der Waals surface area contributed by atoms with Crippen LogP contribution in [0.4, 0.5) is 0 Å². The molecular weight excluding hydrogens is 228 g/mol. The van der Waals surface area contributed by atoms with Crippen LogP contribution in [0.15, 0.2) is 24.3 Å². The van der Waals surface area contributed by atoms with E-state index in [-0.39, 0.29) is 18.0 Å². The number of hydrogen-bond donors (Lipinski definition) is 2. The van der Waals surface area contributed by atoms with Gasteiger partial charge in [0.2, 0.25) is 5.91 Å². The van der Waals surface area contributed by atoms with E-state index in [2.05, 4.69) is 22.8 Å². The summed E-state index contributed by atoms with van der Waals surface area (Å²) in [5, 5.41) is 6.33. The van der Waals surface area contributed by atoms with Gasteiger partial charge in [-0.2, -0.15) is 0 Å². The lowest BCUT2D eigenvalue weighted by Crippen LogP contribution is -2.50. The highest BCUT2D eigenvalue weighted by Crippen LogP contribution is 2.25. The smallest absolute Gasteiger partial charge is 0.237 e. The summed E-state index contributed by atoms with van der Waals surface area (Å²) < 4.78 is 5.59. The monoisotopic (exact) mass is 246 g/mol. The molecular formula is C14H18N2O2. The molecule has 1 fully saturated rings. The topological polar surface area (TPSA) is 50.4 Å². The predicted octanol–water partition coefficient (Wildman–Crippen LogP) is 1.13. The first-order chi connectivity index (χ1) is 8.84. The first-order valence-electron chi connectivity index (χ1n) is 6.54. The number of ether oxygens (including phenoxy) is 1. The second kappa shape index (κ2) is 5.08. The molecule has 2 unspecified atom stereocenters. The third-order valence-electron chi connectivity index (χ3n) is 3.66. The number of piperidine rings is 1. The van der Waals surface area contributed by atoms with E-state index in [0.29, 0.717) is 13.2 Å². The van der Waals surface area contributed by atoms with E-state index in [0.717, 1.165) is 19.4 Å². The Bertz CT molecular complexity index is 447. The summed E-state index contributed by atoms with van der Waals surface area (Å²) in [6, 6.07) is 8.32. The molecule has 0 aliphatic carbocycles. The van der Waals surface area contributed by atoms with Gasteiger partial charge in [0.25, 0.3) is 0 Å². The molecule has 0 aromatic heterocycles. The zero-order valence-corrected chi connectivity index (χ0v) is 10.3. The molecule has 1 amide bonds. The first-order valence-corrected chi connectivity index (χ1v) is 6.54. The number of amides is 1. The molecule has 2 aliphatic rings. The van der Waals surface area contributed by atoms with Crippen molar-refractivity contribution in [3.63, 3.8) is 0 Å². The molecule has 96 valence electrons. The zero-order chi connectivity index (χ0) is 12.4. The molecule has 2 aliphatic heterocycles. The van der Waals surface area contributed by atoms with Crippen molar-refractivity contribution in [3.8, 4) is 0 Å². The van der Waals surface area contributed by atoms with Crippen molar-refractivity contribution in [3.05, 3.63) is 35.4 Å². The van der Waals surface area contributed by atoms with E-state index in [4.69, 9.17) is 4.74 Å². The van der Waals surface area contributed by atoms with E-state index in [9.17, 15) is 4.79 Å². The second-order valence-corrected chi connectivity index (χ2v) is 4.92. The van der Waals surface area contributed by atoms with Crippen LogP contribution in [0.2, 0.25) is 0 Å². The molecule has 0 radical (unpaired) electrons. The average Bonchev–Trinajstić information content (AvgIpc) is 2.42. The Morgan fingerprint density at radius 2 is 2.17 bits per heavy atom. The summed E-state index contributed by atoms with van der Waals surface area (Å²) in [7, 11) is 0. The molecule has 4 nitrogen and oxygen atoms in total. The lowest BCUT2D eigenvalue weighted by molar-refractivity contribution is -0.124. The largest absolute Gasteiger partial charge is 0.375 e. The Morgan fingerprint density at radius 3 is 3.06 bits per heavy atom. The molecule has 0 spiro atoms. The summed E-state index contributed by atoms with van der Waals surface area (Å²) in [6.07, 6.45) is 1.95. The Hall–Kier alpha value is -1.39. The maximum Gasteiger partial charge on any atom is 0.237 e. The highest BCUT2D eigenvalue weighted by molar-refractivity contribution is 5.82. The lowest BCUT2D eigenvalue weighted by atomic mass is 9.97. The third kappa shape index (κ3) is 2.26. The van der Waals surface area contributed by atoms with Crippen LogP contribution in [0.5, 0.6) is 0 Å². The zero-order valence-electron chi connectivity index (χ0n) is 10.3. The summed E-state index contributed by atoms with van der Waals surface area (Å²) >= 11 is 0. The molecule has 0 bridgehead atoms. The van der Waals surface area contributed by atoms with E-state index < -0.39 is 0 Å². The summed E-state index contributed by atoms with van der Waals surface area (Å²) in [6.45, 7) is 2.11. The van der Waals surface area contributed by atoms with Gasteiger partial charge >= 0.3 is 0 Å². The van der Waals surface area contributed by atoms with Crippen LogP contribution in [0.3, 0.4) is 0 Å². The Labute approximate surface area is 107 Å². The number of rotatable bonds is 2. The number of carbonyl (C=O) groups excluding carboxylic acids is 1. The van der Waals surface area contributed by atoms with Crippen LogP contribution in [0, 0.1) is 0 Å². The Kier molecular flexibility index (Phi) is 3.30. The summed E-state index contributed by atoms with van der Waals surface area (Å²) in [5.74, 6) is 0.115. The summed E-state index contributed by atoms with van der Waals surface area (Å²) in [5.41, 5.74) is 2.49. The maximum atomic E-state index is 11.8. The standard InChI is InChI=1S/C14H18N2O2/c17-14-12(6-3-7-15-14)16-13-9-18-8-10-4-1-2-5-11(10)13/h1-2,4-5,12-13,16H,3,6-9H2,(H,15,17). The fraction of sp³-hybridized carbons (Fsp3) is 0.500. The SMILES string of the molecule is O=C1NCCCC1NC1COCc2ccccc21. The van der Waals surface area contributed by atoms with Gasteiger partial charge in [0.15, 0.2) is 0 Å². The van der Waals surface area contributed by atoms with Gasteiger partial charge in [-0.25, -0.2) is 0 Å². The maximum absolute atomic E-state index is 11.8. The van der Waals surface area contributed by atoms with Gasteiger partial charge in [0.05, 0.1) is 25.3 Å². The van der Waals surface area contributed by atoms with Crippen molar-refractivity contribution in [1.29, 1.82) is 0 Å². The van der Waals surface area contributed by atoms with Gasteiger partial charge < -0.3 is 10.1 Å². The average molecular weight is 246 g/mol. The Balaban J connectivity index is 1.75. The van der Waals surface area contributed by atoms with Gasteiger partial charge in [-0.05, 0) is 24.0 Å². The van der Waals surface area contributed by atoms with Crippen LogP contribution in [0.25, 0.3) is 0 Å². The third-order valence-corrected chi connectivity index (χ3v) is 3.66. The lowest BCUT2D eigenvalue weighted by Gasteiger charge is -2.31. The second-order valence-electron chi connectivity index (χ2n) is 4.92. The fourth-order valence-corrected chi connectivity index (χ4v) is 2.69. The van der Waals surface area contributed by atoms with Crippen molar-refractivity contribution >= 4 is 5.91 Å². The Morgan fingerprint density at radius 1 is 1.28 bits per heavy atom. The van der Waals surface area contributed by atoms with E-state index >= 15 is 0 Å². The van der Waals surface area contributed by atoms with Gasteiger partial charge in [-0.3, -0.25) is 10.1 Å². The minimum Gasteiger partial charge on any atom is -0.375 e. The molecule has 0 saturated carbocycles. The molecule has 18 heavy (non-hydrogen) atoms. The van der Waals surface area contributed by atoms with Gasteiger partial charge in [0, 0.05) is 6.54 Å². The van der Waals surface area contributed by atoms with Crippen LogP contribution in [-0.4, -0.2) is 25.1 Å². The number of nitrogens with one attached hydrogen (secondary N) is 2. The van der Waals surface area contributed by atoms with E-state index in [1.54, 1.807) is 0 Å². The number of hydrogen-bond acceptors (Lipinski definition) is 3. The predicted molar refractivity (Wildman–Crippen MR) is 68.0 cm³/mol. The molecule has 2 atom stereocenters. The van der Waals surface area contributed by atoms with Crippen LogP contribution >= 0.6 is 0 Å². The van der Waals surface area contributed by atoms with Gasteiger partial charge in [0.1, 0.15) is 0 Å². The minimum absolute atomic E-state index is 0.0847. The van der Waals surface area contributed by atoms with Gasteiger partial charge in [-0.1, -0.05) is 24.3 Å². The number of fused-ring (bicyclic) bond motifs is 1. The highest BCUT2D eigenvalue weighted by Gasteiger charge is 2.27. The molecule has 2 heterocycles. The van der Waals surface area contributed by atoms with Crippen molar-refractivity contribution in [2.45, 2.75) is 31.5 Å². The minimum atomic E-state index is -0.0847. The van der Waals surface area contributed by atoms with Crippen molar-refractivity contribution in [2.24, 2.45) is 0 Å². The van der Waals surface area contributed by atoms with E-state index in [1.807, 2.05) is 12.1 Å². The van der Waals surface area contributed by atoms with Crippen LogP contribution < -0.4 is 10.6 Å². The van der Waals surface area contributed by atoms with Crippen molar-refractivity contribution in [1.82, 2.24) is 10.6 Å². The van der Waals surface area contributed by atoms with Gasteiger partial charge in [-0.15, -0.1) is 0 Å². The fourth-order valence-electron chi connectivity index (χ4n) is 2.69. The van der Waals surface area contributed by atoms with Crippen molar-refractivity contribution < 1.29 is 9.53 Å². The molecule has 4 heteroatoms. The molecule has 2 N–H and O–H groups in total. The first kappa shape index (κ1) is 11.7. The van der Waals surface area contributed by atoms with E-state index in [1.165, 1.54) is 11.1 Å². The molecule has 1 aromatic rings. The quantitative estimate of drug-likeness (QED) is 0.822. The normalized spacial score (nSPS) is 27.4. The van der Waals surface area contributed by atoms with Crippen LogP contribution in [-0.2, 0) is 16.1 Å². The van der Waals surface area contributed by atoms with Crippen molar-refractivity contribution in [2.75, 3.05) is 13.2 Å². The van der Waals surface area contributed by atoms with Crippen LogP contribution in [0.1, 0.15) is 30.0 Å². The number of carbonyl (C=O) groups is 1. The number of benzene rings is 1. The highest BCUT2D eigenvalue weighted by atomic mass is 16.5. The molecule has 3 rings (SSSR count). The summed E-state index contributed by atoms with van der Waals surface area (Å²) in [4.78, 5) is 11.8.